The second kappa shape index (κ2) is 19.3. The molecule has 2 fully saturated rings. The van der Waals surface area contributed by atoms with Crippen LogP contribution in [0.15, 0.2) is 48.5 Å². The Balaban J connectivity index is 0.000000799. The molecule has 4 heterocycles. The summed E-state index contributed by atoms with van der Waals surface area (Å²) in [5.74, 6) is -0.803. The Bertz CT molecular complexity index is 2630. The molecule has 2 saturated heterocycles. The van der Waals surface area contributed by atoms with Gasteiger partial charge in [0.05, 0.1) is 13.1 Å². The molecule has 0 saturated carbocycles. The molecule has 2 N–H and O–H groups in total. The zero-order chi connectivity index (χ0) is 41.6. The van der Waals surface area contributed by atoms with Crippen molar-refractivity contribution < 1.29 is 197 Å². The Hall–Kier alpha value is -0.900. The van der Waals surface area contributed by atoms with Gasteiger partial charge in [0.1, 0.15) is 11.5 Å². The summed E-state index contributed by atoms with van der Waals surface area (Å²) in [4.78, 5) is 35.2. The predicted molar refractivity (Wildman–Crippen MR) is 181 cm³/mol. The average Bonchev–Trinajstić information content (AvgIpc) is 3.26. The third-order valence-electron chi connectivity index (χ3n) is 9.82. The normalized spacial score (nSPS) is 20.1. The molecule has 0 atom stereocenters. The van der Waals surface area contributed by atoms with Crippen molar-refractivity contribution in [3.8, 4) is 11.5 Å². The minimum atomic E-state index is -5.31. The van der Waals surface area contributed by atoms with Crippen molar-refractivity contribution in [2.24, 2.45) is 0 Å². The van der Waals surface area contributed by atoms with Crippen molar-refractivity contribution in [3.63, 3.8) is 0 Å². The van der Waals surface area contributed by atoms with Crippen molar-refractivity contribution in [2.45, 2.75) is 51.4 Å². The summed E-state index contributed by atoms with van der Waals surface area (Å²) in [5, 5.41) is 2.26. The molecule has 22 nitrogen and oxygen atoms in total. The molecule has 4 aromatic carbocycles. The Morgan fingerprint density at radius 2 is 0.850 bits per heavy atom. The van der Waals surface area contributed by atoms with E-state index in [0.717, 1.165) is 10.8 Å². The molecular weight excluding hydrogens is 925 g/mol. The largest absolute Gasteiger partial charge is 1.00 e. The zero-order valence-corrected chi connectivity index (χ0v) is 43.6. The van der Waals surface area contributed by atoms with Gasteiger partial charge in [0.2, 0.25) is 20.8 Å². The van der Waals surface area contributed by atoms with Crippen LogP contribution >= 0.6 is 0 Å². The number of benzene rings is 4. The van der Waals surface area contributed by atoms with Crippen molar-refractivity contribution >= 4 is 75.2 Å². The van der Waals surface area contributed by atoms with Gasteiger partial charge in [-0.1, -0.05) is 12.1 Å². The van der Waals surface area contributed by atoms with Crippen molar-refractivity contribution in [2.75, 3.05) is 0 Å². The van der Waals surface area contributed by atoms with Crippen LogP contribution < -0.4 is 127 Å². The molecule has 0 bridgehead atoms. The van der Waals surface area contributed by atoms with Gasteiger partial charge in [-0.15, -0.1) is 16.5 Å². The number of urea groups is 2. The van der Waals surface area contributed by atoms with E-state index in [9.17, 15) is 35.5 Å². The Morgan fingerprint density at radius 3 is 1.17 bits per heavy atom. The van der Waals surface area contributed by atoms with Crippen LogP contribution in [0.5, 0.6) is 11.5 Å². The maximum atomic E-state index is 14.6. The molecule has 0 aromatic heterocycles. The topological polar surface area (TPSA) is 335 Å². The number of rotatable bonds is 4. The molecule has 4 aliphatic heterocycles. The molecule has 302 valence electrons. The maximum Gasteiger partial charge on any atom is 1.00 e. The fourth-order valence-corrected chi connectivity index (χ4v) is 8.45. The van der Waals surface area contributed by atoms with Gasteiger partial charge < -0.3 is 26.6 Å². The summed E-state index contributed by atoms with van der Waals surface area (Å²) in [5.41, 5.74) is -1.30. The van der Waals surface area contributed by atoms with Gasteiger partial charge in [-0.25, -0.2) is 43.3 Å². The van der Waals surface area contributed by atoms with Crippen LogP contribution in [0.1, 0.15) is 36.1 Å². The Morgan fingerprint density at radius 1 is 0.550 bits per heavy atom. The maximum absolute atomic E-state index is 14.6. The molecule has 4 amide bonds. The standard InChI is InChI=1S/C30H24N4O10S2.4Na.2H2O4S/c1-29-30(2)33-15-21-23(43-45(37,38)39)11-9-18-10-12-24(44-46(40,41)42)22(26(18)21)16-34(30)28(36)32(29)14-20-8-4-6-17-5-3-7-19(25(17)20)13-31(29)27(33)35;;;;;2*1-5(2,3)4/h3-6,9-12H,13-16H2,1-2H3,(H,37,38,39)(H,40,41,42);;;;;2*(H2,1,2,3,4)/q-2;4*+1;;/p-4. The summed E-state index contributed by atoms with van der Waals surface area (Å²) in [6, 6.07) is 18.2. The molecule has 60 heavy (non-hydrogen) atoms. The van der Waals surface area contributed by atoms with E-state index in [1.165, 1.54) is 34.1 Å². The van der Waals surface area contributed by atoms with Crippen LogP contribution in [0.25, 0.3) is 21.5 Å². The SMILES string of the molecule is CC12N3Cc4[c-]ccc5cc[c-]c(c45)CN1C(=O)N1Cc4c(OS(=O)(=O)[O-])ccc5ccc(OS(=O)(=O)[O-])c(c45)CN(C3=O)C12C.O=S(=O)([O-])O.O=S(=O)([O-])O.[Na+].[Na+].[Na+].[Na+]. The van der Waals surface area contributed by atoms with E-state index in [1.54, 1.807) is 35.8 Å². The quantitative estimate of drug-likeness (QED) is 0.0830. The molecule has 30 heteroatoms. The van der Waals surface area contributed by atoms with Crippen LogP contribution in [0.2, 0.25) is 0 Å². The summed E-state index contributed by atoms with van der Waals surface area (Å²) < 4.78 is 146. The van der Waals surface area contributed by atoms with Gasteiger partial charge in [0.25, 0.3) is 20.8 Å². The van der Waals surface area contributed by atoms with Crippen LogP contribution in [0, 0.1) is 12.1 Å². The third kappa shape index (κ3) is 11.0. The van der Waals surface area contributed by atoms with E-state index in [-0.39, 0.29) is 161 Å². The fourth-order valence-electron chi connectivity index (χ4n) is 7.70. The fraction of sp³-hybridized carbons (Fsp3) is 0.267. The zero-order valence-electron chi connectivity index (χ0n) is 32.3. The first kappa shape index (κ1) is 55.2. The van der Waals surface area contributed by atoms with E-state index in [1.807, 2.05) is 12.1 Å². The summed E-state index contributed by atoms with van der Waals surface area (Å²) in [6.07, 6.45) is 0. The minimum Gasteiger partial charge on any atom is -0.726 e. The first-order valence-corrected chi connectivity index (χ1v) is 20.8. The van der Waals surface area contributed by atoms with E-state index in [4.69, 9.17) is 43.4 Å². The van der Waals surface area contributed by atoms with Gasteiger partial charge in [-0.3, -0.25) is 28.7 Å². The number of amides is 4. The van der Waals surface area contributed by atoms with E-state index in [2.05, 4.69) is 12.1 Å². The average molecular weight is 949 g/mol. The van der Waals surface area contributed by atoms with Crippen LogP contribution in [-0.4, -0.2) is 104 Å². The van der Waals surface area contributed by atoms with Gasteiger partial charge in [0.15, 0.2) is 11.3 Å². The third-order valence-corrected chi connectivity index (χ3v) is 10.6. The van der Waals surface area contributed by atoms with Gasteiger partial charge in [-0.2, -0.15) is 41.8 Å². The van der Waals surface area contributed by atoms with Crippen molar-refractivity contribution in [3.05, 3.63) is 82.9 Å². The molecule has 4 aliphatic rings. The summed E-state index contributed by atoms with van der Waals surface area (Å²) in [6.45, 7) is 2.82. The van der Waals surface area contributed by atoms with E-state index >= 15 is 0 Å². The van der Waals surface area contributed by atoms with Crippen LogP contribution in [0.3, 0.4) is 0 Å². The molecule has 0 aliphatic carbocycles. The van der Waals surface area contributed by atoms with E-state index in [0.29, 0.717) is 16.5 Å². The number of nitrogens with zero attached hydrogens (tertiary/aromatic N) is 4. The van der Waals surface area contributed by atoms with Crippen molar-refractivity contribution in [1.82, 2.24) is 19.6 Å². The number of carbonyl (C=O) groups is 2. The van der Waals surface area contributed by atoms with Gasteiger partial charge in [-0.05, 0) is 36.8 Å². The predicted octanol–water partition coefficient (Wildman–Crippen LogP) is -11.1. The smallest absolute Gasteiger partial charge is 0.726 e. The second-order valence-corrected chi connectivity index (χ2v) is 16.4. The summed E-state index contributed by atoms with van der Waals surface area (Å²) >= 11 is 0. The molecule has 0 radical (unpaired) electrons. The van der Waals surface area contributed by atoms with Crippen LogP contribution in [0.4, 0.5) is 9.59 Å². The second-order valence-electron chi connectivity index (χ2n) is 12.7. The molecule has 4 aromatic rings. The number of carbonyl (C=O) groups excluding carboxylic acids is 2. The van der Waals surface area contributed by atoms with Crippen molar-refractivity contribution in [1.29, 1.82) is 0 Å². The number of hydrogen-bond acceptors (Lipinski definition) is 16. The monoisotopic (exact) mass is 948 g/mol. The molecule has 0 spiro atoms. The van der Waals surface area contributed by atoms with Gasteiger partial charge in [0, 0.05) is 24.2 Å². The summed E-state index contributed by atoms with van der Waals surface area (Å²) in [7, 11) is -20.4. The van der Waals surface area contributed by atoms with E-state index < -0.39 is 76.5 Å². The number of hydrogen-bond donors (Lipinski definition) is 2. The first-order valence-electron chi connectivity index (χ1n) is 15.4. The molecule has 8 rings (SSSR count). The minimum absolute atomic E-state index is 0. The molecule has 0 unspecified atom stereocenters. The Kier molecular flexibility index (Phi) is 17.8. The first-order chi connectivity index (χ1) is 25.6. The Labute approximate surface area is 432 Å². The molecular formula is C30H24N4Na4O18S4-2. The van der Waals surface area contributed by atoms with Crippen LogP contribution in [-0.2, 0) is 67.8 Å². The van der Waals surface area contributed by atoms with Gasteiger partial charge >= 0.3 is 130 Å².